The SMILES string of the molecule is O=C(N[C@H](C(=O)O)C12CC3CC(CC(C3)C1)C2)c1ccc2ccccc2c1OCc1ccc(OC(F)(F)F)cc1. The van der Waals surface area contributed by atoms with Gasteiger partial charge in [-0.2, -0.15) is 0 Å². The average Bonchev–Trinajstić information content (AvgIpc) is 2.89. The molecule has 3 aromatic carbocycles. The number of alkyl halides is 3. The number of hydrogen-bond acceptors (Lipinski definition) is 4. The van der Waals surface area contributed by atoms with Crippen LogP contribution in [0, 0.1) is 23.2 Å². The normalized spacial score (nSPS) is 25.9. The molecule has 4 bridgehead atoms. The third-order valence-electron chi connectivity index (χ3n) is 8.88. The van der Waals surface area contributed by atoms with E-state index in [1.165, 1.54) is 24.3 Å². The topological polar surface area (TPSA) is 84.9 Å². The zero-order valence-corrected chi connectivity index (χ0v) is 21.7. The lowest BCUT2D eigenvalue weighted by atomic mass is 9.47. The van der Waals surface area contributed by atoms with Crippen LogP contribution in [0.3, 0.4) is 0 Å². The molecule has 0 unspecified atom stereocenters. The van der Waals surface area contributed by atoms with Gasteiger partial charge in [-0.1, -0.05) is 42.5 Å². The van der Waals surface area contributed by atoms with E-state index in [4.69, 9.17) is 4.74 Å². The number of carbonyl (C=O) groups excluding carboxylic acids is 1. The molecule has 4 aliphatic carbocycles. The number of fused-ring (bicyclic) bond motifs is 1. The molecule has 1 atom stereocenters. The highest BCUT2D eigenvalue weighted by molar-refractivity contribution is 6.05. The Bertz CT molecular complexity index is 1400. The fourth-order valence-electron chi connectivity index (χ4n) is 7.74. The van der Waals surface area contributed by atoms with Crippen molar-refractivity contribution in [2.24, 2.45) is 23.2 Å². The summed E-state index contributed by atoms with van der Waals surface area (Å²) in [5.41, 5.74) is 0.353. The second-order valence-electron chi connectivity index (χ2n) is 11.7. The maximum atomic E-state index is 13.7. The van der Waals surface area contributed by atoms with Gasteiger partial charge in [0.2, 0.25) is 0 Å². The van der Waals surface area contributed by atoms with E-state index < -0.39 is 29.7 Å². The summed E-state index contributed by atoms with van der Waals surface area (Å²) in [6.45, 7) is -0.0160. The van der Waals surface area contributed by atoms with Crippen LogP contribution in [-0.2, 0) is 11.4 Å². The third-order valence-corrected chi connectivity index (χ3v) is 8.88. The molecule has 2 N–H and O–H groups in total. The number of nitrogens with one attached hydrogen (secondary N) is 1. The number of rotatable bonds is 8. The highest BCUT2D eigenvalue weighted by Gasteiger charge is 2.56. The molecule has 1 amide bonds. The zero-order chi connectivity index (χ0) is 28.1. The Labute approximate surface area is 229 Å². The molecule has 4 aliphatic rings. The number of hydrogen-bond donors (Lipinski definition) is 2. The van der Waals surface area contributed by atoms with Crippen LogP contribution in [-0.4, -0.2) is 29.4 Å². The van der Waals surface area contributed by atoms with Gasteiger partial charge in [0, 0.05) is 10.8 Å². The Balaban J connectivity index is 1.26. The van der Waals surface area contributed by atoms with E-state index in [1.54, 1.807) is 12.1 Å². The lowest BCUT2D eigenvalue weighted by Crippen LogP contribution is -2.59. The van der Waals surface area contributed by atoms with E-state index in [2.05, 4.69) is 10.1 Å². The van der Waals surface area contributed by atoms with Crippen LogP contribution < -0.4 is 14.8 Å². The maximum absolute atomic E-state index is 13.7. The molecule has 6 nitrogen and oxygen atoms in total. The fourth-order valence-corrected chi connectivity index (χ4v) is 7.74. The summed E-state index contributed by atoms with van der Waals surface area (Å²) >= 11 is 0. The smallest absolute Gasteiger partial charge is 0.487 e. The van der Waals surface area contributed by atoms with Crippen molar-refractivity contribution in [3.05, 3.63) is 71.8 Å². The summed E-state index contributed by atoms with van der Waals surface area (Å²) in [6, 6.07) is 15.1. The second-order valence-corrected chi connectivity index (χ2v) is 11.7. The predicted molar refractivity (Wildman–Crippen MR) is 141 cm³/mol. The number of amides is 1. The maximum Gasteiger partial charge on any atom is 0.573 e. The second kappa shape index (κ2) is 10.0. The third kappa shape index (κ3) is 5.21. The molecule has 0 aromatic heterocycles. The van der Waals surface area contributed by atoms with Crippen LogP contribution in [0.5, 0.6) is 11.5 Å². The molecule has 210 valence electrons. The molecule has 0 saturated heterocycles. The first-order valence-corrected chi connectivity index (χ1v) is 13.6. The van der Waals surface area contributed by atoms with Gasteiger partial charge in [-0.3, -0.25) is 4.79 Å². The van der Waals surface area contributed by atoms with E-state index in [0.29, 0.717) is 34.5 Å². The highest BCUT2D eigenvalue weighted by atomic mass is 19.4. The van der Waals surface area contributed by atoms with E-state index in [-0.39, 0.29) is 17.9 Å². The van der Waals surface area contributed by atoms with Gasteiger partial charge in [0.15, 0.2) is 0 Å². The van der Waals surface area contributed by atoms with Crippen molar-refractivity contribution < 1.29 is 37.3 Å². The molecular weight excluding hydrogens is 523 g/mol. The van der Waals surface area contributed by atoms with Crippen molar-refractivity contribution in [1.29, 1.82) is 0 Å². The predicted octanol–water partition coefficient (Wildman–Crippen LogP) is 6.72. The van der Waals surface area contributed by atoms with Crippen molar-refractivity contribution in [3.8, 4) is 11.5 Å². The average molecular weight is 554 g/mol. The summed E-state index contributed by atoms with van der Waals surface area (Å²) in [4.78, 5) is 26.3. The Hall–Kier alpha value is -3.75. The van der Waals surface area contributed by atoms with Gasteiger partial charge < -0.3 is 19.9 Å². The van der Waals surface area contributed by atoms with Crippen molar-refractivity contribution in [2.45, 2.75) is 57.5 Å². The first kappa shape index (κ1) is 26.5. The number of aliphatic carboxylic acids is 1. The first-order chi connectivity index (χ1) is 19.1. The molecule has 3 aromatic rings. The molecule has 4 fully saturated rings. The summed E-state index contributed by atoms with van der Waals surface area (Å²) in [5, 5.41) is 14.7. The van der Waals surface area contributed by atoms with Gasteiger partial charge >= 0.3 is 12.3 Å². The number of carbonyl (C=O) groups is 2. The first-order valence-electron chi connectivity index (χ1n) is 13.6. The Kier molecular flexibility index (Phi) is 6.63. The van der Waals surface area contributed by atoms with Crippen LogP contribution >= 0.6 is 0 Å². The number of benzene rings is 3. The molecule has 0 heterocycles. The van der Waals surface area contributed by atoms with Crippen LogP contribution in [0.1, 0.15) is 54.4 Å². The van der Waals surface area contributed by atoms with E-state index >= 15 is 0 Å². The van der Waals surface area contributed by atoms with Gasteiger partial charge in [-0.15, -0.1) is 13.2 Å². The van der Waals surface area contributed by atoms with Crippen molar-refractivity contribution in [1.82, 2.24) is 5.32 Å². The number of halogens is 3. The van der Waals surface area contributed by atoms with E-state index in [0.717, 1.165) is 43.9 Å². The van der Waals surface area contributed by atoms with Crippen LogP contribution in [0.2, 0.25) is 0 Å². The minimum Gasteiger partial charge on any atom is -0.487 e. The summed E-state index contributed by atoms with van der Waals surface area (Å²) in [7, 11) is 0. The van der Waals surface area contributed by atoms with Crippen molar-refractivity contribution in [3.63, 3.8) is 0 Å². The number of carboxylic acids is 1. The molecule has 7 rings (SSSR count). The summed E-state index contributed by atoms with van der Waals surface area (Å²) in [5.74, 6) is -0.00302. The zero-order valence-electron chi connectivity index (χ0n) is 21.7. The lowest BCUT2D eigenvalue weighted by molar-refractivity contribution is -0.274. The summed E-state index contributed by atoms with van der Waals surface area (Å²) < 4.78 is 47.6. The fraction of sp³-hybridized carbons (Fsp3) is 0.419. The molecule has 0 aliphatic heterocycles. The minimum atomic E-state index is -4.78. The molecule has 0 spiro atoms. The van der Waals surface area contributed by atoms with Crippen LogP contribution in [0.25, 0.3) is 10.8 Å². The Morgan fingerprint density at radius 2 is 1.55 bits per heavy atom. The van der Waals surface area contributed by atoms with Crippen LogP contribution in [0.4, 0.5) is 13.2 Å². The van der Waals surface area contributed by atoms with Crippen LogP contribution in [0.15, 0.2) is 60.7 Å². The number of ether oxygens (including phenoxy) is 2. The monoisotopic (exact) mass is 553 g/mol. The van der Waals surface area contributed by atoms with Gasteiger partial charge in [0.05, 0.1) is 5.56 Å². The lowest BCUT2D eigenvalue weighted by Gasteiger charge is -2.58. The van der Waals surface area contributed by atoms with Gasteiger partial charge in [-0.25, -0.2) is 4.79 Å². The molecular formula is C31H30F3NO5. The molecule has 40 heavy (non-hydrogen) atoms. The van der Waals surface area contributed by atoms with Gasteiger partial charge in [0.1, 0.15) is 24.1 Å². The minimum absolute atomic E-state index is 0.0160. The van der Waals surface area contributed by atoms with Crippen molar-refractivity contribution >= 4 is 22.6 Å². The highest BCUT2D eigenvalue weighted by Crippen LogP contribution is 2.61. The molecule has 4 saturated carbocycles. The van der Waals surface area contributed by atoms with Crippen molar-refractivity contribution in [2.75, 3.05) is 0 Å². The summed E-state index contributed by atoms with van der Waals surface area (Å²) in [6.07, 6.45) is 1.16. The van der Waals surface area contributed by atoms with E-state index in [9.17, 15) is 27.9 Å². The quantitative estimate of drug-likeness (QED) is 0.324. The van der Waals surface area contributed by atoms with Gasteiger partial charge in [-0.05, 0) is 85.4 Å². The van der Waals surface area contributed by atoms with Gasteiger partial charge in [0.25, 0.3) is 5.91 Å². The molecule has 9 heteroatoms. The Morgan fingerprint density at radius 3 is 2.15 bits per heavy atom. The Morgan fingerprint density at radius 1 is 0.925 bits per heavy atom. The van der Waals surface area contributed by atoms with E-state index in [1.807, 2.05) is 24.3 Å². The molecule has 0 radical (unpaired) electrons. The largest absolute Gasteiger partial charge is 0.573 e. The standard InChI is InChI=1S/C31H30F3NO5/c32-31(33,34)40-23-8-5-18(6-9-23)17-39-26-24-4-2-1-3-22(24)7-10-25(26)28(36)35-27(29(37)38)30-14-19-11-20(15-30)13-21(12-19)16-30/h1-10,19-21,27H,11-17H2,(H,35,36)(H,37,38)/t19?,20?,21?,27-,30?/m1/s1. The number of carboxylic acid groups (broad SMARTS) is 1.